The predicted octanol–water partition coefficient (Wildman–Crippen LogP) is -1.00. The number of hydrogen-bond donors (Lipinski definition) is 4. The van der Waals surface area contributed by atoms with Crippen molar-refractivity contribution < 1.29 is 47.5 Å². The van der Waals surface area contributed by atoms with Crippen LogP contribution in [0.15, 0.2) is 0 Å². The highest BCUT2D eigenvalue weighted by Gasteiger charge is 2.56. The van der Waals surface area contributed by atoms with Gasteiger partial charge in [0.1, 0.15) is 25.4 Å². The van der Waals surface area contributed by atoms with Crippen LogP contribution in [0, 0.1) is 0 Å². The molecule has 0 aromatic carbocycles. The lowest BCUT2D eigenvalue weighted by Gasteiger charge is -2.26. The van der Waals surface area contributed by atoms with Crippen LogP contribution in [0.2, 0.25) is 0 Å². The van der Waals surface area contributed by atoms with Crippen LogP contribution in [0.4, 0.5) is 17.6 Å². The van der Waals surface area contributed by atoms with Crippen LogP contribution < -0.4 is 0 Å². The van der Waals surface area contributed by atoms with E-state index >= 15 is 0 Å². The van der Waals surface area contributed by atoms with Crippen LogP contribution in [-0.4, -0.2) is 84.1 Å². The van der Waals surface area contributed by atoms with Gasteiger partial charge in [-0.15, -0.1) is 0 Å². The number of aliphatic hydroxyl groups excluding tert-OH is 4. The second-order valence-corrected chi connectivity index (χ2v) is 4.11. The van der Waals surface area contributed by atoms with Crippen LogP contribution in [0.25, 0.3) is 0 Å². The molecule has 0 spiro atoms. The molecule has 0 heterocycles. The molecule has 20 heavy (non-hydrogen) atoms. The highest BCUT2D eigenvalue weighted by Crippen LogP contribution is 2.34. The lowest BCUT2D eigenvalue weighted by atomic mass is 10.2. The quantitative estimate of drug-likeness (QED) is 0.365. The van der Waals surface area contributed by atoms with Gasteiger partial charge in [0.15, 0.2) is 0 Å². The van der Waals surface area contributed by atoms with Crippen molar-refractivity contribution in [1.82, 2.24) is 0 Å². The SMILES string of the molecule is OCC(O)COCC(F)(F)C(F)(F)COCC(O)CO. The Labute approximate surface area is 112 Å². The average molecular weight is 310 g/mol. The molecule has 10 heteroatoms. The molecule has 0 aromatic heterocycles. The number of rotatable bonds is 11. The van der Waals surface area contributed by atoms with Crippen molar-refractivity contribution >= 4 is 0 Å². The standard InChI is InChI=1S/C10H18F4O6/c11-9(12,5-19-3-7(17)1-15)10(13,14)6-20-4-8(18)2-16/h7-8,15-18H,1-6H2. The summed E-state index contributed by atoms with van der Waals surface area (Å²) in [6, 6.07) is 0. The van der Waals surface area contributed by atoms with E-state index in [1.807, 2.05) is 0 Å². The molecule has 0 aliphatic rings. The highest BCUT2D eigenvalue weighted by molar-refractivity contribution is 4.84. The molecule has 0 aliphatic heterocycles. The normalized spacial score (nSPS) is 16.2. The van der Waals surface area contributed by atoms with Crippen molar-refractivity contribution in [3.8, 4) is 0 Å². The van der Waals surface area contributed by atoms with Crippen molar-refractivity contribution in [1.29, 1.82) is 0 Å². The summed E-state index contributed by atoms with van der Waals surface area (Å²) < 4.78 is 61.0. The number of alkyl halides is 4. The summed E-state index contributed by atoms with van der Waals surface area (Å²) in [7, 11) is 0. The molecule has 0 aliphatic carbocycles. The van der Waals surface area contributed by atoms with E-state index in [0.29, 0.717) is 0 Å². The smallest absolute Gasteiger partial charge is 0.335 e. The Balaban J connectivity index is 4.19. The van der Waals surface area contributed by atoms with E-state index in [1.165, 1.54) is 0 Å². The summed E-state index contributed by atoms with van der Waals surface area (Å²) in [5, 5.41) is 34.4. The Morgan fingerprint density at radius 1 is 0.750 bits per heavy atom. The van der Waals surface area contributed by atoms with Gasteiger partial charge < -0.3 is 29.9 Å². The monoisotopic (exact) mass is 310 g/mol. The third-order valence-electron chi connectivity index (χ3n) is 2.14. The Morgan fingerprint density at radius 2 is 1.05 bits per heavy atom. The molecule has 0 rings (SSSR count). The maximum absolute atomic E-state index is 13.2. The zero-order chi connectivity index (χ0) is 15.8. The third-order valence-corrected chi connectivity index (χ3v) is 2.14. The van der Waals surface area contributed by atoms with Crippen molar-refractivity contribution in [2.24, 2.45) is 0 Å². The molecule has 0 amide bonds. The highest BCUT2D eigenvalue weighted by atomic mass is 19.3. The largest absolute Gasteiger partial charge is 0.394 e. The average Bonchev–Trinajstić information content (AvgIpc) is 2.37. The van der Waals surface area contributed by atoms with Crippen molar-refractivity contribution in [3.05, 3.63) is 0 Å². The fourth-order valence-corrected chi connectivity index (χ4v) is 0.963. The Kier molecular flexibility index (Phi) is 8.47. The predicted molar refractivity (Wildman–Crippen MR) is 57.7 cm³/mol. The van der Waals surface area contributed by atoms with E-state index in [9.17, 15) is 17.6 Å². The molecular formula is C10H18F4O6. The molecule has 6 nitrogen and oxygen atoms in total. The first-order chi connectivity index (χ1) is 9.16. The molecule has 122 valence electrons. The van der Waals surface area contributed by atoms with Crippen molar-refractivity contribution in [3.63, 3.8) is 0 Å². The van der Waals surface area contributed by atoms with Crippen molar-refractivity contribution in [2.45, 2.75) is 24.1 Å². The molecule has 0 saturated heterocycles. The molecule has 0 saturated carbocycles. The number of hydrogen-bond acceptors (Lipinski definition) is 6. The maximum Gasteiger partial charge on any atom is 0.335 e. The second-order valence-electron chi connectivity index (χ2n) is 4.11. The summed E-state index contributed by atoms with van der Waals surface area (Å²) in [5.41, 5.74) is 0. The Hall–Kier alpha value is -0.520. The number of aliphatic hydroxyl groups is 4. The first kappa shape index (κ1) is 19.5. The van der Waals surface area contributed by atoms with Gasteiger partial charge in [-0.25, -0.2) is 0 Å². The summed E-state index contributed by atoms with van der Waals surface area (Å²) in [6.07, 6.45) is -2.87. The molecule has 0 fully saturated rings. The van der Waals surface area contributed by atoms with E-state index in [2.05, 4.69) is 9.47 Å². The van der Waals surface area contributed by atoms with E-state index < -0.39 is 63.7 Å². The van der Waals surface area contributed by atoms with Gasteiger partial charge in [0.2, 0.25) is 0 Å². The van der Waals surface area contributed by atoms with Crippen LogP contribution in [-0.2, 0) is 9.47 Å². The summed E-state index contributed by atoms with van der Waals surface area (Å²) in [5.74, 6) is -9.10. The van der Waals surface area contributed by atoms with E-state index in [0.717, 1.165) is 0 Å². The zero-order valence-corrected chi connectivity index (χ0v) is 10.5. The first-order valence-electron chi connectivity index (χ1n) is 5.65. The van der Waals surface area contributed by atoms with Gasteiger partial charge in [-0.1, -0.05) is 0 Å². The lowest BCUT2D eigenvalue weighted by Crippen LogP contribution is -2.48. The van der Waals surface area contributed by atoms with Gasteiger partial charge in [-0.05, 0) is 0 Å². The molecule has 0 radical (unpaired) electrons. The fourth-order valence-electron chi connectivity index (χ4n) is 0.963. The van der Waals surface area contributed by atoms with Crippen molar-refractivity contribution in [2.75, 3.05) is 39.6 Å². The second kappa shape index (κ2) is 8.70. The summed E-state index contributed by atoms with van der Waals surface area (Å²) in [6.45, 7) is -6.25. The van der Waals surface area contributed by atoms with Crippen LogP contribution >= 0.6 is 0 Å². The molecule has 2 atom stereocenters. The van der Waals surface area contributed by atoms with Gasteiger partial charge in [0.25, 0.3) is 0 Å². The minimum Gasteiger partial charge on any atom is -0.394 e. The van der Waals surface area contributed by atoms with Crippen LogP contribution in [0.1, 0.15) is 0 Å². The van der Waals surface area contributed by atoms with E-state index in [4.69, 9.17) is 20.4 Å². The maximum atomic E-state index is 13.2. The van der Waals surface area contributed by atoms with E-state index in [1.54, 1.807) is 0 Å². The minimum atomic E-state index is -4.55. The molecule has 2 unspecified atom stereocenters. The number of ether oxygens (including phenoxy) is 2. The first-order valence-corrected chi connectivity index (χ1v) is 5.65. The van der Waals surface area contributed by atoms with Gasteiger partial charge in [0, 0.05) is 0 Å². The lowest BCUT2D eigenvalue weighted by molar-refractivity contribution is -0.255. The van der Waals surface area contributed by atoms with E-state index in [-0.39, 0.29) is 0 Å². The van der Waals surface area contributed by atoms with Crippen LogP contribution in [0.5, 0.6) is 0 Å². The summed E-state index contributed by atoms with van der Waals surface area (Å²) >= 11 is 0. The van der Waals surface area contributed by atoms with Crippen LogP contribution in [0.3, 0.4) is 0 Å². The molecule has 4 N–H and O–H groups in total. The fraction of sp³-hybridized carbons (Fsp3) is 1.00. The Bertz CT molecular complexity index is 240. The Morgan fingerprint density at radius 3 is 1.30 bits per heavy atom. The topological polar surface area (TPSA) is 99.4 Å². The zero-order valence-electron chi connectivity index (χ0n) is 10.5. The minimum absolute atomic E-state index is 0.716. The molecule has 0 aromatic rings. The number of halogens is 4. The van der Waals surface area contributed by atoms with Gasteiger partial charge in [0.05, 0.1) is 26.4 Å². The molecule has 0 bridgehead atoms. The molecular weight excluding hydrogens is 292 g/mol. The van der Waals surface area contributed by atoms with Gasteiger partial charge >= 0.3 is 11.8 Å². The van der Waals surface area contributed by atoms with Gasteiger partial charge in [-0.2, -0.15) is 17.6 Å². The summed E-state index contributed by atoms with van der Waals surface area (Å²) in [4.78, 5) is 0. The van der Waals surface area contributed by atoms with Gasteiger partial charge in [-0.3, -0.25) is 0 Å². The third kappa shape index (κ3) is 6.77.